The number of rotatable bonds is 9. The number of amides is 1. The SMILES string of the molecule is CC/C(C)=C(\NC(=O)c1[nH]c(-c2ccc([N+](=O)[O-])cc2)nc1-c1ccc(OC)cc1)SC=C(C)C. The molecule has 2 aromatic carbocycles. The van der Waals surface area contributed by atoms with Gasteiger partial charge < -0.3 is 15.0 Å². The highest BCUT2D eigenvalue weighted by molar-refractivity contribution is 8.05. The fourth-order valence-corrected chi connectivity index (χ4v) is 3.96. The molecule has 1 amide bonds. The summed E-state index contributed by atoms with van der Waals surface area (Å²) >= 11 is 1.47. The smallest absolute Gasteiger partial charge is 0.274 e. The number of nitro groups is 1. The molecule has 0 fully saturated rings. The summed E-state index contributed by atoms with van der Waals surface area (Å²) in [7, 11) is 1.59. The molecular formula is C26H28N4O4S. The van der Waals surface area contributed by atoms with Gasteiger partial charge in [-0.05, 0) is 74.6 Å². The molecule has 0 saturated carbocycles. The molecule has 1 aromatic heterocycles. The van der Waals surface area contributed by atoms with Gasteiger partial charge in [-0.25, -0.2) is 4.98 Å². The van der Waals surface area contributed by atoms with Crippen LogP contribution in [0, 0.1) is 10.1 Å². The van der Waals surface area contributed by atoms with Crippen LogP contribution in [0.25, 0.3) is 22.6 Å². The number of nitro benzene ring substituents is 1. The number of aromatic amines is 1. The number of thioether (sulfide) groups is 1. The summed E-state index contributed by atoms with van der Waals surface area (Å²) in [6.45, 7) is 8.03. The molecule has 1 heterocycles. The maximum atomic E-state index is 13.5. The standard InChI is InChI=1S/C26H28N4O4S/c1-6-17(4)26(35-15-16(2)3)29-25(31)23-22(18-9-13-21(34-5)14-10-18)27-24(28-23)19-7-11-20(12-8-19)30(32)33/h7-15H,6H2,1-5H3,(H,27,28)(H,29,31)/b26-17+. The number of allylic oxidation sites excluding steroid dienone is 2. The Morgan fingerprint density at radius 1 is 1.11 bits per heavy atom. The zero-order valence-corrected chi connectivity index (χ0v) is 21.2. The van der Waals surface area contributed by atoms with Crippen LogP contribution < -0.4 is 10.1 Å². The van der Waals surface area contributed by atoms with Crippen molar-refractivity contribution in [2.75, 3.05) is 7.11 Å². The van der Waals surface area contributed by atoms with E-state index in [9.17, 15) is 14.9 Å². The maximum Gasteiger partial charge on any atom is 0.274 e. The fraction of sp³-hybridized carbons (Fsp3) is 0.231. The highest BCUT2D eigenvalue weighted by Gasteiger charge is 2.21. The summed E-state index contributed by atoms with van der Waals surface area (Å²) < 4.78 is 5.25. The van der Waals surface area contributed by atoms with Gasteiger partial charge in [-0.15, -0.1) is 0 Å². The molecule has 0 aliphatic carbocycles. The van der Waals surface area contributed by atoms with Crippen molar-refractivity contribution in [2.45, 2.75) is 34.1 Å². The number of nitrogens with zero attached hydrogens (tertiary/aromatic N) is 2. The molecule has 35 heavy (non-hydrogen) atoms. The third-order valence-corrected chi connectivity index (χ3v) is 6.48. The van der Waals surface area contributed by atoms with E-state index in [4.69, 9.17) is 4.74 Å². The van der Waals surface area contributed by atoms with Crippen LogP contribution in [-0.2, 0) is 0 Å². The van der Waals surface area contributed by atoms with Crippen molar-refractivity contribution in [3.63, 3.8) is 0 Å². The Labute approximate surface area is 208 Å². The van der Waals surface area contributed by atoms with Crippen LogP contribution in [0.3, 0.4) is 0 Å². The topological polar surface area (TPSA) is 110 Å². The average molecular weight is 493 g/mol. The normalized spacial score (nSPS) is 11.5. The van der Waals surface area contributed by atoms with Gasteiger partial charge in [0.15, 0.2) is 0 Å². The number of hydrogen-bond acceptors (Lipinski definition) is 6. The van der Waals surface area contributed by atoms with Crippen molar-refractivity contribution in [3.8, 4) is 28.4 Å². The zero-order valence-electron chi connectivity index (χ0n) is 20.3. The molecule has 9 heteroatoms. The number of non-ortho nitro benzene ring substituents is 1. The minimum absolute atomic E-state index is 0.0187. The quantitative estimate of drug-likeness (QED) is 0.254. The average Bonchev–Trinajstić information content (AvgIpc) is 3.31. The van der Waals surface area contributed by atoms with Gasteiger partial charge in [0.2, 0.25) is 0 Å². The number of carbonyl (C=O) groups is 1. The van der Waals surface area contributed by atoms with Crippen molar-refractivity contribution >= 4 is 23.4 Å². The molecule has 0 radical (unpaired) electrons. The molecule has 2 N–H and O–H groups in total. The number of nitrogens with one attached hydrogen (secondary N) is 2. The molecule has 0 atom stereocenters. The third kappa shape index (κ3) is 6.39. The number of carbonyl (C=O) groups excluding carboxylic acids is 1. The molecule has 0 bridgehead atoms. The van der Waals surface area contributed by atoms with Gasteiger partial charge in [-0.2, -0.15) is 0 Å². The third-order valence-electron chi connectivity index (χ3n) is 5.20. The Hall–Kier alpha value is -3.85. The molecule has 0 spiro atoms. The van der Waals surface area contributed by atoms with Crippen LogP contribution in [0.4, 0.5) is 5.69 Å². The Morgan fingerprint density at radius 3 is 2.29 bits per heavy atom. The summed E-state index contributed by atoms with van der Waals surface area (Å²) in [5.41, 5.74) is 4.30. The van der Waals surface area contributed by atoms with Gasteiger partial charge in [0.25, 0.3) is 11.6 Å². The number of benzene rings is 2. The second kappa shape index (κ2) is 11.5. The van der Waals surface area contributed by atoms with E-state index < -0.39 is 4.92 Å². The van der Waals surface area contributed by atoms with Gasteiger partial charge in [0.05, 0.1) is 17.1 Å². The first-order valence-corrected chi connectivity index (χ1v) is 11.9. The first-order chi connectivity index (χ1) is 16.7. The van der Waals surface area contributed by atoms with Gasteiger partial charge in [0.1, 0.15) is 23.0 Å². The monoisotopic (exact) mass is 492 g/mol. The second-order valence-electron chi connectivity index (χ2n) is 8.07. The summed E-state index contributed by atoms with van der Waals surface area (Å²) in [5, 5.41) is 16.8. The van der Waals surface area contributed by atoms with Crippen molar-refractivity contribution in [1.82, 2.24) is 15.3 Å². The molecule has 8 nitrogen and oxygen atoms in total. The number of imidazole rings is 1. The molecular weight excluding hydrogens is 464 g/mol. The Kier molecular flexibility index (Phi) is 8.48. The lowest BCUT2D eigenvalue weighted by Gasteiger charge is -2.11. The minimum atomic E-state index is -0.457. The van der Waals surface area contributed by atoms with E-state index in [1.165, 1.54) is 23.9 Å². The first kappa shape index (κ1) is 25.8. The van der Waals surface area contributed by atoms with Crippen molar-refractivity contribution < 1.29 is 14.5 Å². The zero-order chi connectivity index (χ0) is 25.5. The largest absolute Gasteiger partial charge is 0.497 e. The Balaban J connectivity index is 2.05. The lowest BCUT2D eigenvalue weighted by molar-refractivity contribution is -0.384. The lowest BCUT2D eigenvalue weighted by Crippen LogP contribution is -2.23. The lowest BCUT2D eigenvalue weighted by atomic mass is 10.1. The summed E-state index contributed by atoms with van der Waals surface area (Å²) in [4.78, 5) is 31.8. The second-order valence-corrected chi connectivity index (χ2v) is 8.95. The summed E-state index contributed by atoms with van der Waals surface area (Å²) in [6, 6.07) is 13.3. The molecule has 0 saturated heterocycles. The van der Waals surface area contributed by atoms with Gasteiger partial charge in [-0.3, -0.25) is 14.9 Å². The van der Waals surface area contributed by atoms with E-state index in [0.717, 1.165) is 28.2 Å². The number of hydrogen-bond donors (Lipinski definition) is 2. The summed E-state index contributed by atoms with van der Waals surface area (Å²) in [6.07, 6.45) is 0.793. The van der Waals surface area contributed by atoms with E-state index in [2.05, 4.69) is 15.3 Å². The molecule has 0 aliphatic heterocycles. The molecule has 3 rings (SSSR count). The molecule has 3 aromatic rings. The molecule has 0 unspecified atom stereocenters. The minimum Gasteiger partial charge on any atom is -0.497 e. The number of aromatic nitrogens is 2. The predicted octanol–water partition coefficient (Wildman–Crippen LogP) is 6.69. The van der Waals surface area contributed by atoms with Crippen molar-refractivity contribution in [3.05, 3.63) is 85.9 Å². The van der Waals surface area contributed by atoms with Crippen LogP contribution >= 0.6 is 11.8 Å². The van der Waals surface area contributed by atoms with E-state index in [1.54, 1.807) is 31.4 Å². The van der Waals surface area contributed by atoms with E-state index in [1.807, 2.05) is 45.2 Å². The van der Waals surface area contributed by atoms with Gasteiger partial charge >= 0.3 is 0 Å². The van der Waals surface area contributed by atoms with E-state index in [-0.39, 0.29) is 11.6 Å². The number of methoxy groups -OCH3 is 1. The van der Waals surface area contributed by atoms with E-state index in [0.29, 0.717) is 28.5 Å². The first-order valence-electron chi connectivity index (χ1n) is 11.0. The van der Waals surface area contributed by atoms with Crippen molar-refractivity contribution in [1.29, 1.82) is 0 Å². The number of ether oxygens (including phenoxy) is 1. The Morgan fingerprint density at radius 2 is 1.74 bits per heavy atom. The van der Waals surface area contributed by atoms with Crippen LogP contribution in [0.5, 0.6) is 5.75 Å². The van der Waals surface area contributed by atoms with Crippen LogP contribution in [0.2, 0.25) is 0 Å². The van der Waals surface area contributed by atoms with Crippen molar-refractivity contribution in [2.24, 2.45) is 0 Å². The molecule has 182 valence electrons. The highest BCUT2D eigenvalue weighted by Crippen LogP contribution is 2.30. The number of H-pyrrole nitrogens is 1. The van der Waals surface area contributed by atoms with E-state index >= 15 is 0 Å². The summed E-state index contributed by atoms with van der Waals surface area (Å²) in [5.74, 6) is 0.798. The highest BCUT2D eigenvalue weighted by atomic mass is 32.2. The van der Waals surface area contributed by atoms with Gasteiger partial charge in [0, 0.05) is 23.3 Å². The van der Waals surface area contributed by atoms with Crippen LogP contribution in [0.1, 0.15) is 44.6 Å². The fourth-order valence-electron chi connectivity index (χ4n) is 3.11. The maximum absolute atomic E-state index is 13.5. The van der Waals surface area contributed by atoms with Gasteiger partial charge in [-0.1, -0.05) is 24.3 Å². The Bertz CT molecular complexity index is 1270. The van der Waals surface area contributed by atoms with Crippen LogP contribution in [0.15, 0.2) is 70.1 Å². The predicted molar refractivity (Wildman–Crippen MR) is 140 cm³/mol. The van der Waals surface area contributed by atoms with Crippen LogP contribution in [-0.4, -0.2) is 27.9 Å². The molecule has 0 aliphatic rings.